The third-order valence-corrected chi connectivity index (χ3v) is 49.5. The van der Waals surface area contributed by atoms with Gasteiger partial charge in [-0.15, -0.1) is 0 Å². The van der Waals surface area contributed by atoms with Crippen LogP contribution in [0.1, 0.15) is 41.5 Å². The molecule has 0 radical (unpaired) electrons. The second kappa shape index (κ2) is 4.34. The van der Waals surface area contributed by atoms with Gasteiger partial charge in [0.1, 0.15) is 0 Å². The summed E-state index contributed by atoms with van der Waals surface area (Å²) in [7, 11) is -3.61. The minimum absolute atomic E-state index is 0.528. The molecule has 0 rings (SSSR count). The Kier molecular flexibility index (Phi) is 4.51. The Morgan fingerprint density at radius 2 is 0.647 bits per heavy atom. The first-order chi connectivity index (χ1) is 7.00. The van der Waals surface area contributed by atoms with Crippen molar-refractivity contribution in [2.24, 2.45) is 0 Å². The highest BCUT2D eigenvalue weighted by Crippen LogP contribution is 2.59. The average molecular weight is 289 g/mol. The molecule has 0 aromatic heterocycles. The van der Waals surface area contributed by atoms with Crippen molar-refractivity contribution < 1.29 is 0 Å². The van der Waals surface area contributed by atoms with Gasteiger partial charge in [-0.3, -0.25) is 0 Å². The van der Waals surface area contributed by atoms with Crippen molar-refractivity contribution >= 4 is 22.3 Å². The third-order valence-electron chi connectivity index (χ3n) is 4.50. The second-order valence-electron chi connectivity index (χ2n) is 9.75. The predicted octanol–water partition coefficient (Wildman–Crippen LogP) is 5.87. The van der Waals surface area contributed by atoms with Gasteiger partial charge < -0.3 is 0 Å². The van der Waals surface area contributed by atoms with Gasteiger partial charge in [-0.2, -0.15) is 0 Å². The molecular formula is C14H36Si3. The molecule has 0 fully saturated rings. The summed E-state index contributed by atoms with van der Waals surface area (Å²) in [6, 6.07) is 0. The van der Waals surface area contributed by atoms with E-state index in [0.29, 0.717) is 10.1 Å². The van der Waals surface area contributed by atoms with Gasteiger partial charge in [-0.05, 0) is 10.1 Å². The van der Waals surface area contributed by atoms with Crippen molar-refractivity contribution in [1.82, 2.24) is 0 Å². The highest BCUT2D eigenvalue weighted by atomic mass is 29.6. The van der Waals surface area contributed by atoms with Gasteiger partial charge in [-0.1, -0.05) is 80.8 Å². The van der Waals surface area contributed by atoms with E-state index in [0.717, 1.165) is 0 Å². The van der Waals surface area contributed by atoms with Gasteiger partial charge in [0.25, 0.3) is 0 Å². The lowest BCUT2D eigenvalue weighted by molar-refractivity contribution is 0.644. The maximum atomic E-state index is 2.65. The van der Waals surface area contributed by atoms with Crippen LogP contribution in [0.3, 0.4) is 0 Å². The Hall–Kier alpha value is 0.651. The van der Waals surface area contributed by atoms with Gasteiger partial charge in [0.2, 0.25) is 0 Å². The van der Waals surface area contributed by atoms with Crippen LogP contribution in [0.25, 0.3) is 0 Å². The average Bonchev–Trinajstić information content (AvgIpc) is 1.67. The van der Waals surface area contributed by atoms with E-state index in [4.69, 9.17) is 0 Å². The second-order valence-corrected chi connectivity index (χ2v) is 38.2. The molecule has 0 unspecified atom stereocenters. The summed E-state index contributed by atoms with van der Waals surface area (Å²) in [5.74, 6) is 0. The maximum Gasteiger partial charge on any atom is 0.0528 e. The summed E-state index contributed by atoms with van der Waals surface area (Å²) < 4.78 is 0. The van der Waals surface area contributed by atoms with Crippen molar-refractivity contribution in [2.45, 2.75) is 90.9 Å². The molecule has 17 heavy (non-hydrogen) atoms. The lowest BCUT2D eigenvalue weighted by atomic mass is 10.2. The first kappa shape index (κ1) is 17.7. The fourth-order valence-electron chi connectivity index (χ4n) is 6.75. The molecule has 0 aliphatic rings. The normalized spacial score (nSPS) is 16.2. The smallest absolute Gasteiger partial charge is 0.0528 e. The molecular weight excluding hydrogens is 252 g/mol. The highest BCUT2D eigenvalue weighted by molar-refractivity contribution is 7.70. The van der Waals surface area contributed by atoms with Crippen LogP contribution in [-0.4, -0.2) is 22.3 Å². The topological polar surface area (TPSA) is 0 Å². The molecule has 0 nitrogen and oxygen atoms in total. The summed E-state index contributed by atoms with van der Waals surface area (Å²) in [6.07, 6.45) is 0. The molecule has 0 heterocycles. The molecule has 0 bridgehead atoms. The molecule has 0 atom stereocenters. The van der Waals surface area contributed by atoms with Crippen molar-refractivity contribution in [2.75, 3.05) is 0 Å². The Morgan fingerprint density at radius 1 is 0.471 bits per heavy atom. The van der Waals surface area contributed by atoms with E-state index in [2.05, 4.69) is 80.8 Å². The zero-order valence-electron chi connectivity index (χ0n) is 14.5. The lowest BCUT2D eigenvalue weighted by Gasteiger charge is -2.65. The third kappa shape index (κ3) is 2.66. The molecule has 0 amide bonds. The molecule has 0 aromatic rings. The van der Waals surface area contributed by atoms with Crippen LogP contribution in [-0.2, 0) is 0 Å². The summed E-state index contributed by atoms with van der Waals surface area (Å²) in [6.45, 7) is 31.1. The van der Waals surface area contributed by atoms with Crippen LogP contribution in [0, 0.1) is 0 Å². The van der Waals surface area contributed by atoms with Crippen LogP contribution in [0.4, 0.5) is 0 Å². The van der Waals surface area contributed by atoms with E-state index in [1.165, 1.54) is 0 Å². The maximum absolute atomic E-state index is 2.65. The molecule has 0 aromatic carbocycles. The molecule has 0 saturated heterocycles. The van der Waals surface area contributed by atoms with Crippen LogP contribution in [0.2, 0.25) is 49.4 Å². The van der Waals surface area contributed by atoms with Gasteiger partial charge in [0.05, 0.1) is 7.11 Å². The molecule has 0 spiro atoms. The Morgan fingerprint density at radius 3 is 0.647 bits per heavy atom. The zero-order valence-corrected chi connectivity index (χ0v) is 17.5. The quantitative estimate of drug-likeness (QED) is 0.558. The van der Waals surface area contributed by atoms with E-state index >= 15 is 0 Å². The van der Waals surface area contributed by atoms with Gasteiger partial charge in [0.15, 0.2) is 0 Å². The monoisotopic (exact) mass is 288 g/mol. The Bertz CT molecular complexity index is 204. The van der Waals surface area contributed by atoms with E-state index in [1.54, 1.807) is 0 Å². The molecule has 104 valence electrons. The zero-order chi connectivity index (χ0) is 14.5. The predicted molar refractivity (Wildman–Crippen MR) is 91.9 cm³/mol. The summed E-state index contributed by atoms with van der Waals surface area (Å²) in [5.41, 5.74) is 0. The van der Waals surface area contributed by atoms with E-state index in [9.17, 15) is 0 Å². The summed E-state index contributed by atoms with van der Waals surface area (Å²) >= 11 is 0. The van der Waals surface area contributed by atoms with Crippen LogP contribution in [0.15, 0.2) is 0 Å². The van der Waals surface area contributed by atoms with E-state index in [-0.39, 0.29) is 0 Å². The minimum Gasteiger partial charge on any atom is -0.0716 e. The first-order valence-electron chi connectivity index (χ1n) is 7.00. The highest BCUT2D eigenvalue weighted by Gasteiger charge is 2.65. The van der Waals surface area contributed by atoms with Gasteiger partial charge >= 0.3 is 0 Å². The van der Waals surface area contributed by atoms with Crippen LogP contribution >= 0.6 is 0 Å². The van der Waals surface area contributed by atoms with Crippen molar-refractivity contribution in [3.63, 3.8) is 0 Å². The Labute approximate surface area is 113 Å². The van der Waals surface area contributed by atoms with Gasteiger partial charge in [-0.25, -0.2) is 0 Å². The number of hydrogen-bond acceptors (Lipinski definition) is 0. The molecule has 0 saturated carbocycles. The lowest BCUT2D eigenvalue weighted by Crippen LogP contribution is -2.79. The molecule has 3 heteroatoms. The van der Waals surface area contributed by atoms with Crippen LogP contribution in [0.5, 0.6) is 0 Å². The fraction of sp³-hybridized carbons (Fsp3) is 1.00. The van der Waals surface area contributed by atoms with E-state index < -0.39 is 22.3 Å². The van der Waals surface area contributed by atoms with Crippen molar-refractivity contribution in [3.05, 3.63) is 0 Å². The summed E-state index contributed by atoms with van der Waals surface area (Å²) in [5, 5.41) is 1.06. The molecule has 0 aliphatic heterocycles. The van der Waals surface area contributed by atoms with E-state index in [1.807, 2.05) is 0 Å². The standard InChI is InChI=1S/C14H36Si3/c1-13(2,3)17(14(4,5)6,15(7,8)9)16(10,11)12/h1-12H3. The Balaban J connectivity index is 6.37. The molecule has 0 aliphatic carbocycles. The minimum atomic E-state index is -1.32. The van der Waals surface area contributed by atoms with Crippen molar-refractivity contribution in [3.8, 4) is 0 Å². The number of hydrogen-bond donors (Lipinski definition) is 0. The van der Waals surface area contributed by atoms with Crippen LogP contribution < -0.4 is 0 Å². The van der Waals surface area contributed by atoms with Crippen molar-refractivity contribution in [1.29, 1.82) is 0 Å². The SMILES string of the molecule is CC(C)(C)[Si](C(C)(C)C)([Si](C)(C)C)[Si](C)(C)C. The number of rotatable bonds is 2. The first-order valence-corrected chi connectivity index (χ1v) is 18.0. The largest absolute Gasteiger partial charge is 0.0716 e. The summed E-state index contributed by atoms with van der Waals surface area (Å²) in [4.78, 5) is 0. The van der Waals surface area contributed by atoms with Gasteiger partial charge in [0, 0.05) is 15.2 Å². The molecule has 0 N–H and O–H groups in total. The fourth-order valence-corrected chi connectivity index (χ4v) is 74.2.